The number of para-hydroxylation sites is 2. The van der Waals surface area contributed by atoms with Crippen molar-refractivity contribution in [2.24, 2.45) is 0 Å². The summed E-state index contributed by atoms with van der Waals surface area (Å²) in [6.07, 6.45) is 0. The number of aromatic nitrogens is 3. The number of aliphatic hydroxyl groups is 2. The van der Waals surface area contributed by atoms with E-state index in [1.165, 1.54) is 0 Å². The van der Waals surface area contributed by atoms with Gasteiger partial charge in [-0.3, -0.25) is 9.59 Å². The lowest BCUT2D eigenvalue weighted by Gasteiger charge is -2.31. The van der Waals surface area contributed by atoms with Crippen molar-refractivity contribution < 1.29 is 14.7 Å². The monoisotopic (exact) mass is 819 g/mol. The lowest BCUT2D eigenvalue weighted by molar-refractivity contribution is -0.107. The second kappa shape index (κ2) is 16.7. The lowest BCUT2D eigenvalue weighted by Crippen LogP contribution is -2.44. The van der Waals surface area contributed by atoms with Crippen molar-refractivity contribution in [2.45, 2.75) is 79.7 Å². The third kappa shape index (κ3) is 9.30. The molecule has 3 aromatic heterocycles. The summed E-state index contributed by atoms with van der Waals surface area (Å²) in [5, 5.41) is 23.7. The molecule has 11 heteroatoms. The summed E-state index contributed by atoms with van der Waals surface area (Å²) in [5.74, 6) is 0.765. The van der Waals surface area contributed by atoms with E-state index in [-0.39, 0.29) is 10.9 Å². The van der Waals surface area contributed by atoms with Crippen molar-refractivity contribution in [1.82, 2.24) is 14.3 Å². The van der Waals surface area contributed by atoms with Crippen molar-refractivity contribution in [3.63, 3.8) is 0 Å². The Labute approximate surface area is 335 Å². The van der Waals surface area contributed by atoms with Gasteiger partial charge >= 0.3 is 0 Å². The van der Waals surface area contributed by atoms with Gasteiger partial charge in [0.05, 0.1) is 27.9 Å². The predicted molar refractivity (Wildman–Crippen MR) is 231 cm³/mol. The molecule has 7 aromatic rings. The molecule has 0 aliphatic heterocycles. The van der Waals surface area contributed by atoms with Crippen LogP contribution in [0.1, 0.15) is 61.7 Å². The van der Waals surface area contributed by atoms with E-state index in [4.69, 9.17) is 26.2 Å². The van der Waals surface area contributed by atoms with E-state index < -0.39 is 11.2 Å². The van der Waals surface area contributed by atoms with Gasteiger partial charge in [0.25, 0.3) is 0 Å². The molecule has 0 aliphatic carbocycles. The zero-order valence-corrected chi connectivity index (χ0v) is 34.7. The van der Waals surface area contributed by atoms with E-state index in [0.29, 0.717) is 18.5 Å². The minimum absolute atomic E-state index is 0.0186. The van der Waals surface area contributed by atoms with Crippen LogP contribution in [0.25, 0.3) is 32.9 Å². The molecular weight excluding hydrogens is 770 g/mol. The first-order chi connectivity index (χ1) is 26.3. The second-order valence-electron chi connectivity index (χ2n) is 15.1. The molecule has 292 valence electrons. The number of pyridine rings is 2. The highest BCUT2D eigenvalue weighted by Gasteiger charge is 2.32. The minimum Gasteiger partial charge on any atom is -0.398 e. The van der Waals surface area contributed by atoms with Gasteiger partial charge in [0.15, 0.2) is 10.9 Å². The highest BCUT2D eigenvalue weighted by Crippen LogP contribution is 2.30. The fourth-order valence-corrected chi connectivity index (χ4v) is 6.49. The highest BCUT2D eigenvalue weighted by molar-refractivity contribution is 9.10. The molecule has 0 bridgehead atoms. The molecule has 0 atom stereocenters. The molecule has 0 radical (unpaired) electrons. The maximum absolute atomic E-state index is 12.5. The Morgan fingerprint density at radius 3 is 1.54 bits per heavy atom. The molecule has 0 amide bonds. The van der Waals surface area contributed by atoms with Crippen LogP contribution in [0.3, 0.4) is 0 Å². The second-order valence-corrected chi connectivity index (χ2v) is 16.0. The number of rotatable bonds is 6. The Morgan fingerprint density at radius 1 is 0.661 bits per heavy atom. The molecule has 7 rings (SSSR count). The summed E-state index contributed by atoms with van der Waals surface area (Å²) >= 11 is 3.48. The molecule has 0 unspecified atom stereocenters. The van der Waals surface area contributed by atoms with E-state index >= 15 is 0 Å². The van der Waals surface area contributed by atoms with Crippen molar-refractivity contribution in [3.05, 3.63) is 156 Å². The summed E-state index contributed by atoms with van der Waals surface area (Å²) in [6, 6.07) is 30.5. The minimum atomic E-state index is -1.01. The fraction of sp³-hybridized carbons (Fsp3) is 0.267. The van der Waals surface area contributed by atoms with Crippen molar-refractivity contribution in [1.29, 1.82) is 0 Å². The molecule has 3 heterocycles. The zero-order chi connectivity index (χ0) is 41.1. The Hall–Kier alpha value is -5.49. The average molecular weight is 821 g/mol. The van der Waals surface area contributed by atoms with Gasteiger partial charge in [-0.2, -0.15) is 0 Å². The van der Waals surface area contributed by atoms with Gasteiger partial charge in [-0.05, 0) is 115 Å². The quantitative estimate of drug-likeness (QED) is 0.122. The summed E-state index contributed by atoms with van der Waals surface area (Å²) in [7, 11) is 0. The first-order valence-corrected chi connectivity index (χ1v) is 19.0. The van der Waals surface area contributed by atoms with Gasteiger partial charge in [-0.15, -0.1) is 0 Å². The van der Waals surface area contributed by atoms with Crippen LogP contribution in [-0.2, 0) is 13.1 Å². The van der Waals surface area contributed by atoms with Crippen molar-refractivity contribution in [2.75, 3.05) is 11.5 Å². The number of benzene rings is 4. The van der Waals surface area contributed by atoms with Crippen LogP contribution >= 0.6 is 15.9 Å². The maximum Gasteiger partial charge on any atom is 0.189 e. The Morgan fingerprint density at radius 2 is 1.11 bits per heavy atom. The van der Waals surface area contributed by atoms with Crippen LogP contribution in [0, 0.1) is 27.7 Å². The number of fused-ring (bicyclic) bond motifs is 2. The van der Waals surface area contributed by atoms with Gasteiger partial charge in [0, 0.05) is 68.8 Å². The van der Waals surface area contributed by atoms with Gasteiger partial charge in [0.2, 0.25) is 0 Å². The SMILES string of the molecule is CC(C)(O)C(C)(C)O.Cc1cc(=O)c2ccc(Br)cc2n1Cc1ccccc1N.Cc1noc(C)c1-c1ccc2c(=O)cc(C)n(Cc3ccccc3N)c2c1. The molecule has 6 N–H and O–H groups in total. The number of hydrogen-bond donors (Lipinski definition) is 4. The lowest BCUT2D eigenvalue weighted by atomic mass is 9.90. The van der Waals surface area contributed by atoms with Gasteiger partial charge < -0.3 is 35.3 Å². The van der Waals surface area contributed by atoms with E-state index in [9.17, 15) is 9.59 Å². The van der Waals surface area contributed by atoms with Crippen LogP contribution in [0.4, 0.5) is 11.4 Å². The fourth-order valence-electron chi connectivity index (χ4n) is 6.14. The zero-order valence-electron chi connectivity index (χ0n) is 33.1. The smallest absolute Gasteiger partial charge is 0.189 e. The first kappa shape index (κ1) is 41.7. The van der Waals surface area contributed by atoms with Crippen LogP contribution in [-0.4, -0.2) is 35.7 Å². The van der Waals surface area contributed by atoms with Gasteiger partial charge in [0.1, 0.15) is 5.76 Å². The number of halogens is 1. The summed E-state index contributed by atoms with van der Waals surface area (Å²) in [5.41, 5.74) is 20.2. The number of aryl methyl sites for hydroxylation is 4. The Bertz CT molecular complexity index is 2610. The van der Waals surface area contributed by atoms with E-state index in [1.807, 2.05) is 113 Å². The highest BCUT2D eigenvalue weighted by atomic mass is 79.9. The summed E-state index contributed by atoms with van der Waals surface area (Å²) in [6.45, 7) is 15.3. The maximum atomic E-state index is 12.5. The third-order valence-electron chi connectivity index (χ3n) is 10.2. The average Bonchev–Trinajstić information content (AvgIpc) is 3.46. The number of hydrogen-bond acceptors (Lipinski definition) is 8. The first-order valence-electron chi connectivity index (χ1n) is 18.3. The van der Waals surface area contributed by atoms with Crippen molar-refractivity contribution >= 4 is 49.1 Å². The molecule has 56 heavy (non-hydrogen) atoms. The summed E-state index contributed by atoms with van der Waals surface area (Å²) < 4.78 is 10.5. The van der Waals surface area contributed by atoms with Crippen LogP contribution in [0.15, 0.2) is 116 Å². The molecule has 0 saturated carbocycles. The van der Waals surface area contributed by atoms with Crippen LogP contribution in [0.5, 0.6) is 0 Å². The number of nitrogen functional groups attached to an aromatic ring is 2. The van der Waals surface area contributed by atoms with Gasteiger partial charge in [-0.25, -0.2) is 0 Å². The van der Waals surface area contributed by atoms with E-state index in [1.54, 1.807) is 39.8 Å². The molecule has 0 aliphatic rings. The molecule has 0 fully saturated rings. The molecule has 10 nitrogen and oxygen atoms in total. The Kier molecular flexibility index (Phi) is 12.4. The normalized spacial score (nSPS) is 11.6. The molecule has 4 aromatic carbocycles. The summed E-state index contributed by atoms with van der Waals surface area (Å²) in [4.78, 5) is 24.7. The molecule has 0 spiro atoms. The van der Waals surface area contributed by atoms with E-state index in [0.717, 1.165) is 77.4 Å². The topological polar surface area (TPSA) is 163 Å². The van der Waals surface area contributed by atoms with E-state index in [2.05, 4.69) is 30.2 Å². The standard InChI is InChI=1S/C22H21N3O2.C17H15BrN2O.C6H14O2/c1-13-10-21(26)18-9-8-16(22-14(2)24-27-15(22)3)11-20(18)25(13)12-17-6-4-5-7-19(17)23;1-11-8-17(21)14-7-6-13(18)9-16(14)20(11)10-12-4-2-3-5-15(12)19;1-5(2,7)6(3,4)8/h4-11H,12,23H2,1-3H3;2-9H,10,19H2,1H3;7-8H,1-4H3. The largest absolute Gasteiger partial charge is 0.398 e. The number of nitrogens with zero attached hydrogens (tertiary/aromatic N) is 3. The number of anilines is 2. The third-order valence-corrected chi connectivity index (χ3v) is 10.7. The van der Waals surface area contributed by atoms with Gasteiger partial charge in [-0.1, -0.05) is 63.6 Å². The van der Waals surface area contributed by atoms with Crippen molar-refractivity contribution in [3.8, 4) is 11.1 Å². The molecular formula is C45H50BrN5O5. The van der Waals surface area contributed by atoms with Crippen LogP contribution in [0.2, 0.25) is 0 Å². The Balaban J connectivity index is 0.000000184. The number of nitrogens with two attached hydrogens (primary N) is 2. The molecule has 0 saturated heterocycles. The predicted octanol–water partition coefficient (Wildman–Crippen LogP) is 8.44. The van der Waals surface area contributed by atoms with Crippen LogP contribution < -0.4 is 22.3 Å².